The third-order valence-electron chi connectivity index (χ3n) is 6.98. The minimum absolute atomic E-state index is 0.0321. The summed E-state index contributed by atoms with van der Waals surface area (Å²) in [6.45, 7) is 4.90. The second-order valence-corrected chi connectivity index (χ2v) is 12.1. The number of nitrogens with one attached hydrogen (secondary N) is 2. The Balaban J connectivity index is 1.88. The highest BCUT2D eigenvalue weighted by Crippen LogP contribution is 2.23. The lowest BCUT2D eigenvalue weighted by atomic mass is 9.84. The first-order chi connectivity index (χ1) is 22.3. The first-order valence-corrected chi connectivity index (χ1v) is 15.3. The van der Waals surface area contributed by atoms with E-state index < -0.39 is 53.5 Å². The van der Waals surface area contributed by atoms with Crippen molar-refractivity contribution in [3.8, 4) is 0 Å². The van der Waals surface area contributed by atoms with Crippen LogP contribution in [0.4, 0.5) is 4.79 Å². The van der Waals surface area contributed by atoms with Crippen molar-refractivity contribution in [2.75, 3.05) is 0 Å². The maximum absolute atomic E-state index is 14.2. The molecule has 3 rings (SSSR count). The minimum atomic E-state index is -1.85. The van der Waals surface area contributed by atoms with Gasteiger partial charge in [0.25, 0.3) is 0 Å². The van der Waals surface area contributed by atoms with Crippen LogP contribution in [0, 0.1) is 0 Å². The van der Waals surface area contributed by atoms with E-state index in [0.29, 0.717) is 11.1 Å². The summed E-state index contributed by atoms with van der Waals surface area (Å²) < 4.78 is 16.3. The molecule has 0 bridgehead atoms. The van der Waals surface area contributed by atoms with E-state index >= 15 is 0 Å². The van der Waals surface area contributed by atoms with E-state index in [1.54, 1.807) is 87.5 Å². The number of carbonyl (C=O) groups is 5. The topological polar surface area (TPSA) is 157 Å². The summed E-state index contributed by atoms with van der Waals surface area (Å²) in [5.41, 5.74) is -0.661. The standard InChI is InChI=1S/C36H42N2O9/c1-35(2,3)47-34(44)38-36(22-21-30(39)40,23-26-13-7-4-8-14-26)33(43)37-29(32(42)46-25-28-17-11-6-12-18-28)19-20-31(41)45-24-27-15-9-5-10-16-27/h4-18,29H,19-25H2,1-3H3,(H,37,43)(H,38,44)(H,39,40)/t29-,36-/m0/s1. The number of hydrogen-bond donors (Lipinski definition) is 3. The SMILES string of the molecule is CC(C)(C)OC(=O)N[C@@](CCC(=O)O)(Cc1ccccc1)C(=O)N[C@@H](CCC(=O)OCc1ccccc1)C(=O)OCc1ccccc1. The maximum Gasteiger partial charge on any atom is 0.408 e. The summed E-state index contributed by atoms with van der Waals surface area (Å²) >= 11 is 0. The number of alkyl carbamates (subject to hydrolysis) is 1. The van der Waals surface area contributed by atoms with E-state index in [-0.39, 0.29) is 38.9 Å². The molecule has 0 saturated carbocycles. The van der Waals surface area contributed by atoms with Crippen LogP contribution in [0.5, 0.6) is 0 Å². The van der Waals surface area contributed by atoms with Crippen LogP contribution in [0.25, 0.3) is 0 Å². The van der Waals surface area contributed by atoms with Crippen molar-refractivity contribution in [2.45, 2.75) is 83.3 Å². The molecule has 0 aromatic heterocycles. The summed E-state index contributed by atoms with van der Waals surface area (Å²) in [5, 5.41) is 14.8. The number of hydrogen-bond acceptors (Lipinski definition) is 8. The average molecular weight is 647 g/mol. The number of amides is 2. The van der Waals surface area contributed by atoms with E-state index in [1.165, 1.54) is 0 Å². The van der Waals surface area contributed by atoms with Gasteiger partial charge in [-0.15, -0.1) is 0 Å². The molecule has 3 aromatic rings. The Hall–Kier alpha value is -5.19. The Morgan fingerprint density at radius 2 is 1.23 bits per heavy atom. The van der Waals surface area contributed by atoms with Crippen LogP contribution in [0.1, 0.15) is 63.1 Å². The van der Waals surface area contributed by atoms with E-state index in [4.69, 9.17) is 14.2 Å². The van der Waals surface area contributed by atoms with Crippen LogP contribution in [0.15, 0.2) is 91.0 Å². The van der Waals surface area contributed by atoms with Gasteiger partial charge in [0.1, 0.15) is 30.4 Å². The third kappa shape index (κ3) is 13.0. The van der Waals surface area contributed by atoms with Crippen molar-refractivity contribution < 1.29 is 43.3 Å². The number of esters is 2. The molecule has 0 spiro atoms. The molecule has 0 aliphatic rings. The molecule has 2 atom stereocenters. The number of carboxylic acid groups (broad SMARTS) is 1. The van der Waals surface area contributed by atoms with Crippen LogP contribution in [-0.4, -0.2) is 52.2 Å². The minimum Gasteiger partial charge on any atom is -0.481 e. The normalized spacial score (nSPS) is 12.9. The molecule has 0 saturated heterocycles. The lowest BCUT2D eigenvalue weighted by Gasteiger charge is -2.35. The summed E-state index contributed by atoms with van der Waals surface area (Å²) in [6, 6.07) is 25.4. The van der Waals surface area contributed by atoms with Crippen molar-refractivity contribution in [1.29, 1.82) is 0 Å². The Morgan fingerprint density at radius 3 is 1.74 bits per heavy atom. The summed E-state index contributed by atoms with van der Waals surface area (Å²) in [5.74, 6) is -3.45. The molecule has 11 nitrogen and oxygen atoms in total. The molecular formula is C36H42N2O9. The summed E-state index contributed by atoms with van der Waals surface area (Å²) in [4.78, 5) is 65.1. The molecule has 0 radical (unpaired) electrons. The third-order valence-corrected chi connectivity index (χ3v) is 6.98. The molecule has 2 amide bonds. The van der Waals surface area contributed by atoms with Gasteiger partial charge in [-0.2, -0.15) is 0 Å². The summed E-state index contributed by atoms with van der Waals surface area (Å²) in [6.07, 6.45) is -2.28. The molecule has 0 heterocycles. The van der Waals surface area contributed by atoms with E-state index in [1.807, 2.05) is 24.3 Å². The molecular weight excluding hydrogens is 604 g/mol. The van der Waals surface area contributed by atoms with Gasteiger partial charge in [-0.25, -0.2) is 9.59 Å². The van der Waals surface area contributed by atoms with Gasteiger partial charge in [0.15, 0.2) is 0 Å². The predicted molar refractivity (Wildman–Crippen MR) is 173 cm³/mol. The van der Waals surface area contributed by atoms with Gasteiger partial charge in [0.2, 0.25) is 5.91 Å². The van der Waals surface area contributed by atoms with Crippen molar-refractivity contribution in [3.63, 3.8) is 0 Å². The molecule has 0 unspecified atom stereocenters. The second-order valence-electron chi connectivity index (χ2n) is 12.1. The monoisotopic (exact) mass is 646 g/mol. The first-order valence-electron chi connectivity index (χ1n) is 15.3. The second kappa shape index (κ2) is 17.5. The molecule has 250 valence electrons. The lowest BCUT2D eigenvalue weighted by Crippen LogP contribution is -2.63. The lowest BCUT2D eigenvalue weighted by molar-refractivity contribution is -0.151. The molecule has 0 aliphatic carbocycles. The van der Waals surface area contributed by atoms with Crippen molar-refractivity contribution >= 4 is 29.9 Å². The van der Waals surface area contributed by atoms with Crippen molar-refractivity contribution in [3.05, 3.63) is 108 Å². The fraction of sp³-hybridized carbons (Fsp3) is 0.361. The fourth-order valence-corrected chi connectivity index (χ4v) is 4.66. The van der Waals surface area contributed by atoms with Crippen LogP contribution in [0.3, 0.4) is 0 Å². The van der Waals surface area contributed by atoms with Crippen LogP contribution < -0.4 is 10.6 Å². The van der Waals surface area contributed by atoms with Crippen LogP contribution >= 0.6 is 0 Å². The van der Waals surface area contributed by atoms with Crippen LogP contribution in [0.2, 0.25) is 0 Å². The largest absolute Gasteiger partial charge is 0.481 e. The van der Waals surface area contributed by atoms with Gasteiger partial charge < -0.3 is 30.0 Å². The summed E-state index contributed by atoms with van der Waals surface area (Å²) in [7, 11) is 0. The fourth-order valence-electron chi connectivity index (χ4n) is 4.66. The van der Waals surface area contributed by atoms with Gasteiger partial charge in [-0.3, -0.25) is 14.4 Å². The van der Waals surface area contributed by atoms with Gasteiger partial charge >= 0.3 is 24.0 Å². The number of rotatable bonds is 16. The highest BCUT2D eigenvalue weighted by atomic mass is 16.6. The Morgan fingerprint density at radius 1 is 0.723 bits per heavy atom. The van der Waals surface area contributed by atoms with E-state index in [2.05, 4.69) is 10.6 Å². The number of carbonyl (C=O) groups excluding carboxylic acids is 4. The van der Waals surface area contributed by atoms with Crippen molar-refractivity contribution in [1.82, 2.24) is 10.6 Å². The van der Waals surface area contributed by atoms with E-state index in [0.717, 1.165) is 5.56 Å². The molecule has 11 heteroatoms. The van der Waals surface area contributed by atoms with Gasteiger partial charge in [0.05, 0.1) is 0 Å². The quantitative estimate of drug-likeness (QED) is 0.142. The maximum atomic E-state index is 14.2. The Bertz CT molecular complexity index is 1470. The zero-order valence-electron chi connectivity index (χ0n) is 26.9. The smallest absolute Gasteiger partial charge is 0.408 e. The highest BCUT2D eigenvalue weighted by molar-refractivity contribution is 5.94. The van der Waals surface area contributed by atoms with Gasteiger partial charge in [-0.05, 0) is 50.3 Å². The highest BCUT2D eigenvalue weighted by Gasteiger charge is 2.43. The molecule has 47 heavy (non-hydrogen) atoms. The van der Waals surface area contributed by atoms with Gasteiger partial charge in [-0.1, -0.05) is 91.0 Å². The Kier molecular flexibility index (Phi) is 13.5. The first kappa shape index (κ1) is 36.3. The number of benzene rings is 3. The van der Waals surface area contributed by atoms with E-state index in [9.17, 15) is 29.1 Å². The van der Waals surface area contributed by atoms with Crippen molar-refractivity contribution in [2.24, 2.45) is 0 Å². The average Bonchev–Trinajstić information content (AvgIpc) is 3.03. The Labute approximate surface area is 274 Å². The molecule has 0 fully saturated rings. The zero-order valence-corrected chi connectivity index (χ0v) is 26.9. The number of aliphatic carboxylic acids is 1. The number of carboxylic acids is 1. The zero-order chi connectivity index (χ0) is 34.3. The van der Waals surface area contributed by atoms with Crippen LogP contribution in [-0.2, 0) is 53.0 Å². The molecule has 0 aliphatic heterocycles. The predicted octanol–water partition coefficient (Wildman–Crippen LogP) is 5.11. The number of ether oxygens (including phenoxy) is 3. The molecule has 3 N–H and O–H groups in total. The molecule has 3 aromatic carbocycles. The van der Waals surface area contributed by atoms with Gasteiger partial charge in [0, 0.05) is 19.3 Å².